The van der Waals surface area contributed by atoms with Crippen LogP contribution in [0.25, 0.3) is 0 Å². The van der Waals surface area contributed by atoms with Gasteiger partial charge in [0.1, 0.15) is 0 Å². The van der Waals surface area contributed by atoms with Crippen LogP contribution in [-0.2, 0) is 0 Å². The molecule has 6 heteroatoms. The number of nitrogens with zero attached hydrogens (tertiary/aromatic N) is 1. The maximum absolute atomic E-state index is 12.8. The van der Waals surface area contributed by atoms with Crippen LogP contribution in [-0.4, -0.2) is 30.3 Å². The van der Waals surface area contributed by atoms with Crippen molar-refractivity contribution in [3.8, 4) is 0 Å². The van der Waals surface area contributed by atoms with Gasteiger partial charge in [-0.1, -0.05) is 36.9 Å². The van der Waals surface area contributed by atoms with E-state index in [2.05, 4.69) is 5.32 Å². The monoisotopic (exact) mass is 390 g/mol. The van der Waals surface area contributed by atoms with Gasteiger partial charge in [-0.25, -0.2) is 0 Å². The van der Waals surface area contributed by atoms with E-state index in [9.17, 15) is 9.59 Å². The van der Waals surface area contributed by atoms with E-state index in [1.807, 2.05) is 18.5 Å². The lowest BCUT2D eigenvalue weighted by Gasteiger charge is -2.27. The number of halogens is 1. The maximum Gasteiger partial charge on any atom is 0.265 e. The van der Waals surface area contributed by atoms with Crippen molar-refractivity contribution in [2.24, 2.45) is 5.92 Å². The molecule has 0 radical (unpaired) electrons. The summed E-state index contributed by atoms with van der Waals surface area (Å²) in [5.41, 5.74) is 0.996. The molecule has 2 amide bonds. The Balaban J connectivity index is 1.69. The molecule has 1 saturated carbocycles. The third-order valence-electron chi connectivity index (χ3n) is 4.81. The van der Waals surface area contributed by atoms with E-state index in [0.29, 0.717) is 27.1 Å². The number of amides is 2. The Hall–Kier alpha value is -1.85. The van der Waals surface area contributed by atoms with Crippen molar-refractivity contribution >= 4 is 40.4 Å². The predicted molar refractivity (Wildman–Crippen MR) is 107 cm³/mol. The van der Waals surface area contributed by atoms with Crippen LogP contribution < -0.4 is 5.32 Å². The van der Waals surface area contributed by atoms with Gasteiger partial charge < -0.3 is 10.2 Å². The minimum Gasteiger partial charge on any atom is -0.341 e. The number of benzene rings is 1. The normalized spacial score (nSPS) is 14.8. The first-order valence-corrected chi connectivity index (χ1v) is 10.2. The summed E-state index contributed by atoms with van der Waals surface area (Å²) in [6.07, 6.45) is 6.21. The molecule has 138 valence electrons. The molecule has 2 aromatic rings. The van der Waals surface area contributed by atoms with E-state index in [-0.39, 0.29) is 11.8 Å². The van der Waals surface area contributed by atoms with Crippen molar-refractivity contribution < 1.29 is 9.59 Å². The lowest BCUT2D eigenvalue weighted by molar-refractivity contribution is 0.0760. The van der Waals surface area contributed by atoms with Gasteiger partial charge >= 0.3 is 0 Å². The summed E-state index contributed by atoms with van der Waals surface area (Å²) < 4.78 is 0. The SMILES string of the molecule is CN(CC1CCCCC1)C(=O)c1ccc(Cl)c(NC(=O)c2cccs2)c1. The van der Waals surface area contributed by atoms with Crippen LogP contribution >= 0.6 is 22.9 Å². The lowest BCUT2D eigenvalue weighted by atomic mass is 9.89. The van der Waals surface area contributed by atoms with Crippen molar-refractivity contribution in [3.63, 3.8) is 0 Å². The zero-order chi connectivity index (χ0) is 18.5. The quantitative estimate of drug-likeness (QED) is 0.752. The molecule has 1 fully saturated rings. The van der Waals surface area contributed by atoms with Gasteiger partial charge in [-0.2, -0.15) is 0 Å². The molecule has 1 aromatic heterocycles. The van der Waals surface area contributed by atoms with Crippen LogP contribution in [0, 0.1) is 5.92 Å². The minimum absolute atomic E-state index is 0.0427. The number of anilines is 1. The van der Waals surface area contributed by atoms with Crippen LogP contribution in [0.15, 0.2) is 35.7 Å². The zero-order valence-corrected chi connectivity index (χ0v) is 16.4. The van der Waals surface area contributed by atoms with Crippen molar-refractivity contribution in [1.29, 1.82) is 0 Å². The predicted octanol–water partition coefficient (Wildman–Crippen LogP) is 5.31. The van der Waals surface area contributed by atoms with E-state index >= 15 is 0 Å². The summed E-state index contributed by atoms with van der Waals surface area (Å²) in [7, 11) is 1.84. The molecule has 0 unspecified atom stereocenters. The fraction of sp³-hybridized carbons (Fsp3) is 0.400. The number of nitrogens with one attached hydrogen (secondary N) is 1. The molecule has 1 aromatic carbocycles. The molecule has 0 saturated heterocycles. The molecule has 0 spiro atoms. The molecule has 0 bridgehead atoms. The molecule has 0 aliphatic heterocycles. The number of carbonyl (C=O) groups excluding carboxylic acids is 2. The number of thiophene rings is 1. The van der Waals surface area contributed by atoms with Crippen molar-refractivity contribution in [3.05, 3.63) is 51.2 Å². The molecule has 0 atom stereocenters. The molecule has 1 N–H and O–H groups in total. The smallest absolute Gasteiger partial charge is 0.265 e. The van der Waals surface area contributed by atoms with Gasteiger partial charge in [-0.15, -0.1) is 11.3 Å². The molecule has 4 nitrogen and oxygen atoms in total. The Morgan fingerprint density at radius 3 is 2.69 bits per heavy atom. The van der Waals surface area contributed by atoms with E-state index < -0.39 is 0 Å². The maximum atomic E-state index is 12.8. The first kappa shape index (κ1) is 18.9. The number of carbonyl (C=O) groups is 2. The Kier molecular flexibility index (Phi) is 6.33. The zero-order valence-electron chi connectivity index (χ0n) is 14.8. The van der Waals surface area contributed by atoms with E-state index in [4.69, 9.17) is 11.6 Å². The first-order chi connectivity index (χ1) is 12.5. The van der Waals surface area contributed by atoms with E-state index in [0.717, 1.165) is 6.54 Å². The second-order valence-corrected chi connectivity index (χ2v) is 8.17. The summed E-state index contributed by atoms with van der Waals surface area (Å²) >= 11 is 7.57. The third kappa shape index (κ3) is 4.65. The van der Waals surface area contributed by atoms with Crippen molar-refractivity contribution in [1.82, 2.24) is 4.90 Å². The van der Waals surface area contributed by atoms with Gasteiger partial charge in [0.05, 0.1) is 15.6 Å². The number of rotatable bonds is 5. The Labute approximate surface area is 163 Å². The summed E-state index contributed by atoms with van der Waals surface area (Å²) in [6, 6.07) is 8.60. The molecule has 1 aliphatic rings. The number of hydrogen-bond acceptors (Lipinski definition) is 3. The van der Waals surface area contributed by atoms with E-state index in [1.165, 1.54) is 43.4 Å². The Morgan fingerprint density at radius 2 is 2.00 bits per heavy atom. The van der Waals surface area contributed by atoms with Crippen molar-refractivity contribution in [2.45, 2.75) is 32.1 Å². The summed E-state index contributed by atoms with van der Waals surface area (Å²) in [4.78, 5) is 27.4. The Morgan fingerprint density at radius 1 is 1.23 bits per heavy atom. The van der Waals surface area contributed by atoms with Crippen LogP contribution in [0.2, 0.25) is 5.02 Å². The van der Waals surface area contributed by atoms with Gasteiger partial charge in [0.25, 0.3) is 11.8 Å². The highest BCUT2D eigenvalue weighted by Gasteiger charge is 2.20. The standard InChI is InChI=1S/C20H23ClN2O2S/c1-23(13-14-6-3-2-4-7-14)20(25)15-9-10-16(21)17(12-15)22-19(24)18-8-5-11-26-18/h5,8-12,14H,2-4,6-7,13H2,1H3,(H,22,24). The highest BCUT2D eigenvalue weighted by molar-refractivity contribution is 7.12. The molecule has 1 aliphatic carbocycles. The summed E-state index contributed by atoms with van der Waals surface area (Å²) in [5, 5.41) is 5.06. The van der Waals surface area contributed by atoms with Crippen LogP contribution in [0.1, 0.15) is 52.1 Å². The fourth-order valence-corrected chi connectivity index (χ4v) is 4.19. The molecule has 26 heavy (non-hydrogen) atoms. The highest BCUT2D eigenvalue weighted by atomic mass is 35.5. The largest absolute Gasteiger partial charge is 0.341 e. The Bertz CT molecular complexity index is 770. The molecular formula is C20H23ClN2O2S. The van der Waals surface area contributed by atoms with Gasteiger partial charge in [-0.3, -0.25) is 9.59 Å². The van der Waals surface area contributed by atoms with Crippen molar-refractivity contribution in [2.75, 3.05) is 18.9 Å². The lowest BCUT2D eigenvalue weighted by Crippen LogP contribution is -2.32. The van der Waals surface area contributed by atoms with Crippen LogP contribution in [0.5, 0.6) is 0 Å². The second-order valence-electron chi connectivity index (χ2n) is 6.82. The average Bonchev–Trinajstić information content (AvgIpc) is 3.18. The number of hydrogen-bond donors (Lipinski definition) is 1. The van der Waals surface area contributed by atoms with Gasteiger partial charge in [0, 0.05) is 19.2 Å². The third-order valence-corrected chi connectivity index (χ3v) is 6.01. The van der Waals surface area contributed by atoms with Crippen LogP contribution in [0.3, 0.4) is 0 Å². The summed E-state index contributed by atoms with van der Waals surface area (Å²) in [6.45, 7) is 0.776. The highest BCUT2D eigenvalue weighted by Crippen LogP contribution is 2.27. The second kappa shape index (κ2) is 8.69. The van der Waals surface area contributed by atoms with E-state index in [1.54, 1.807) is 29.2 Å². The first-order valence-electron chi connectivity index (χ1n) is 8.94. The molecule has 3 rings (SSSR count). The molecule has 1 heterocycles. The summed E-state index contributed by atoms with van der Waals surface area (Å²) in [5.74, 6) is 0.323. The minimum atomic E-state index is -0.220. The van der Waals surface area contributed by atoms with Gasteiger partial charge in [0.15, 0.2) is 0 Å². The molecular weight excluding hydrogens is 368 g/mol. The average molecular weight is 391 g/mol. The van der Waals surface area contributed by atoms with Crippen LogP contribution in [0.4, 0.5) is 5.69 Å². The van der Waals surface area contributed by atoms with Gasteiger partial charge in [-0.05, 0) is 48.4 Å². The van der Waals surface area contributed by atoms with Gasteiger partial charge in [0.2, 0.25) is 0 Å². The topological polar surface area (TPSA) is 49.4 Å². The fourth-order valence-electron chi connectivity index (χ4n) is 3.41.